The van der Waals surface area contributed by atoms with Gasteiger partial charge in [-0.3, -0.25) is 4.79 Å². The number of anilines is 1. The molecule has 2 rings (SSSR count). The van der Waals surface area contributed by atoms with Gasteiger partial charge in [-0.15, -0.1) is 0 Å². The lowest BCUT2D eigenvalue weighted by molar-refractivity contribution is -0.117. The van der Waals surface area contributed by atoms with Crippen LogP contribution in [0, 0.1) is 13.8 Å². The van der Waals surface area contributed by atoms with E-state index < -0.39 is 22.0 Å². The summed E-state index contributed by atoms with van der Waals surface area (Å²) >= 11 is 0. The Bertz CT molecular complexity index is 782. The monoisotopic (exact) mass is 332 g/mol. The molecule has 122 valence electrons. The van der Waals surface area contributed by atoms with Gasteiger partial charge < -0.3 is 5.32 Å². The number of amides is 1. The predicted octanol–water partition coefficient (Wildman–Crippen LogP) is 2.61. The summed E-state index contributed by atoms with van der Waals surface area (Å²) < 4.78 is 26.9. The van der Waals surface area contributed by atoms with E-state index in [1.807, 2.05) is 26.0 Å². The van der Waals surface area contributed by atoms with Crippen molar-refractivity contribution in [3.63, 3.8) is 0 Å². The average molecular weight is 332 g/mol. The minimum Gasteiger partial charge on any atom is -0.325 e. The molecule has 2 N–H and O–H groups in total. The molecule has 0 heterocycles. The van der Waals surface area contributed by atoms with E-state index in [2.05, 4.69) is 10.0 Å². The van der Waals surface area contributed by atoms with Gasteiger partial charge in [-0.25, -0.2) is 8.42 Å². The summed E-state index contributed by atoms with van der Waals surface area (Å²) in [5.74, 6) is -0.412. The molecule has 0 saturated carbocycles. The molecule has 5 nitrogen and oxygen atoms in total. The topological polar surface area (TPSA) is 75.3 Å². The van der Waals surface area contributed by atoms with E-state index in [1.54, 1.807) is 24.3 Å². The molecule has 0 radical (unpaired) electrons. The maximum atomic E-state index is 12.3. The molecule has 1 unspecified atom stereocenters. The molecule has 0 aliphatic carbocycles. The first-order chi connectivity index (χ1) is 10.8. The third-order valence-electron chi connectivity index (χ3n) is 3.38. The third-order valence-corrected chi connectivity index (χ3v) is 4.93. The van der Waals surface area contributed by atoms with Crippen LogP contribution in [0.2, 0.25) is 0 Å². The fourth-order valence-electron chi connectivity index (χ4n) is 1.96. The lowest BCUT2D eigenvalue weighted by atomic mass is 10.2. The zero-order valence-corrected chi connectivity index (χ0v) is 14.1. The smallest absolute Gasteiger partial charge is 0.242 e. The normalized spacial score (nSPS) is 12.7. The Kier molecular flexibility index (Phi) is 5.18. The average Bonchev–Trinajstić information content (AvgIpc) is 2.49. The number of rotatable bonds is 5. The first-order valence-corrected chi connectivity index (χ1v) is 8.73. The van der Waals surface area contributed by atoms with Gasteiger partial charge in [0.05, 0.1) is 10.9 Å². The standard InChI is InChI=1S/C17H20N2O3S/c1-12-4-8-15(9-5-12)18-17(20)14(3)19-23(21,22)16-10-6-13(2)7-11-16/h4-11,14,19H,1-3H3,(H,18,20). The van der Waals surface area contributed by atoms with Crippen LogP contribution >= 0.6 is 0 Å². The van der Waals surface area contributed by atoms with E-state index in [4.69, 9.17) is 0 Å². The number of hydrogen-bond donors (Lipinski definition) is 2. The van der Waals surface area contributed by atoms with Crippen LogP contribution in [0.3, 0.4) is 0 Å². The minimum absolute atomic E-state index is 0.137. The molecule has 6 heteroatoms. The Balaban J connectivity index is 2.05. The molecule has 0 saturated heterocycles. The van der Waals surface area contributed by atoms with Crippen LogP contribution in [0.1, 0.15) is 18.1 Å². The second-order valence-corrected chi connectivity index (χ2v) is 7.23. The number of carbonyl (C=O) groups excluding carboxylic acids is 1. The largest absolute Gasteiger partial charge is 0.325 e. The molecule has 0 spiro atoms. The molecular formula is C17H20N2O3S. The fourth-order valence-corrected chi connectivity index (χ4v) is 3.16. The number of hydrogen-bond acceptors (Lipinski definition) is 3. The third kappa shape index (κ3) is 4.64. The van der Waals surface area contributed by atoms with Gasteiger partial charge in [0.25, 0.3) is 0 Å². The van der Waals surface area contributed by atoms with Gasteiger partial charge in [0.2, 0.25) is 15.9 Å². The summed E-state index contributed by atoms with van der Waals surface area (Å²) in [5.41, 5.74) is 2.67. The van der Waals surface area contributed by atoms with Gasteiger partial charge in [-0.05, 0) is 45.0 Å². The van der Waals surface area contributed by atoms with Gasteiger partial charge >= 0.3 is 0 Å². The molecule has 1 atom stereocenters. The van der Waals surface area contributed by atoms with E-state index in [0.29, 0.717) is 5.69 Å². The van der Waals surface area contributed by atoms with Crippen LogP contribution in [-0.2, 0) is 14.8 Å². The SMILES string of the molecule is Cc1ccc(NC(=O)C(C)NS(=O)(=O)c2ccc(C)cc2)cc1. The van der Waals surface area contributed by atoms with E-state index in [0.717, 1.165) is 11.1 Å². The summed E-state index contributed by atoms with van der Waals surface area (Å²) in [6.45, 7) is 5.33. The summed E-state index contributed by atoms with van der Waals surface area (Å²) in [5, 5.41) is 2.69. The first kappa shape index (κ1) is 17.2. The molecule has 23 heavy (non-hydrogen) atoms. The molecule has 0 aliphatic heterocycles. The Labute approximate surface area is 136 Å². The van der Waals surface area contributed by atoms with Gasteiger partial charge in [0.15, 0.2) is 0 Å². The Morgan fingerprint density at radius 1 is 0.913 bits per heavy atom. The second-order valence-electron chi connectivity index (χ2n) is 5.51. The van der Waals surface area contributed by atoms with Crippen molar-refractivity contribution in [2.45, 2.75) is 31.7 Å². The highest BCUT2D eigenvalue weighted by atomic mass is 32.2. The summed E-state index contributed by atoms with van der Waals surface area (Å²) in [7, 11) is -3.73. The van der Waals surface area contributed by atoms with Crippen molar-refractivity contribution in [3.8, 4) is 0 Å². The molecular weight excluding hydrogens is 312 g/mol. The molecule has 2 aromatic rings. The summed E-state index contributed by atoms with van der Waals surface area (Å²) in [4.78, 5) is 12.3. The quantitative estimate of drug-likeness (QED) is 0.884. The zero-order chi connectivity index (χ0) is 17.0. The molecule has 0 aromatic heterocycles. The van der Waals surface area contributed by atoms with Crippen LogP contribution in [0.5, 0.6) is 0 Å². The van der Waals surface area contributed by atoms with Crippen molar-refractivity contribution in [2.24, 2.45) is 0 Å². The molecule has 0 fully saturated rings. The first-order valence-electron chi connectivity index (χ1n) is 7.24. The lowest BCUT2D eigenvalue weighted by Gasteiger charge is -2.14. The number of carbonyl (C=O) groups is 1. The number of sulfonamides is 1. The van der Waals surface area contributed by atoms with E-state index in [9.17, 15) is 13.2 Å². The maximum Gasteiger partial charge on any atom is 0.242 e. The zero-order valence-electron chi connectivity index (χ0n) is 13.3. The van der Waals surface area contributed by atoms with Gasteiger partial charge in [-0.1, -0.05) is 35.4 Å². The molecule has 0 aliphatic rings. The van der Waals surface area contributed by atoms with Crippen molar-refractivity contribution in [2.75, 3.05) is 5.32 Å². The minimum atomic E-state index is -3.73. The maximum absolute atomic E-state index is 12.3. The van der Waals surface area contributed by atoms with Crippen LogP contribution in [0.25, 0.3) is 0 Å². The van der Waals surface area contributed by atoms with Crippen LogP contribution in [-0.4, -0.2) is 20.4 Å². The van der Waals surface area contributed by atoms with Crippen LogP contribution in [0.4, 0.5) is 5.69 Å². The van der Waals surface area contributed by atoms with Crippen molar-refractivity contribution in [1.29, 1.82) is 0 Å². The Morgan fingerprint density at radius 2 is 1.39 bits per heavy atom. The Morgan fingerprint density at radius 3 is 1.91 bits per heavy atom. The molecule has 0 bridgehead atoms. The summed E-state index contributed by atoms with van der Waals surface area (Å²) in [6, 6.07) is 12.9. The highest BCUT2D eigenvalue weighted by Crippen LogP contribution is 2.12. The van der Waals surface area contributed by atoms with Crippen molar-refractivity contribution < 1.29 is 13.2 Å². The van der Waals surface area contributed by atoms with Gasteiger partial charge in [0.1, 0.15) is 0 Å². The number of aryl methyl sites for hydroxylation is 2. The van der Waals surface area contributed by atoms with Crippen molar-refractivity contribution >= 4 is 21.6 Å². The lowest BCUT2D eigenvalue weighted by Crippen LogP contribution is -2.41. The van der Waals surface area contributed by atoms with Gasteiger partial charge in [-0.2, -0.15) is 4.72 Å². The fraction of sp³-hybridized carbons (Fsp3) is 0.235. The number of nitrogens with one attached hydrogen (secondary N) is 2. The van der Waals surface area contributed by atoms with Gasteiger partial charge in [0, 0.05) is 5.69 Å². The Hall–Kier alpha value is -2.18. The van der Waals surface area contributed by atoms with E-state index >= 15 is 0 Å². The highest BCUT2D eigenvalue weighted by molar-refractivity contribution is 7.89. The van der Waals surface area contributed by atoms with Crippen molar-refractivity contribution in [1.82, 2.24) is 4.72 Å². The van der Waals surface area contributed by atoms with Crippen LogP contribution in [0.15, 0.2) is 53.4 Å². The van der Waals surface area contributed by atoms with Crippen LogP contribution < -0.4 is 10.0 Å². The predicted molar refractivity (Wildman–Crippen MR) is 90.8 cm³/mol. The van der Waals surface area contributed by atoms with Crippen molar-refractivity contribution in [3.05, 3.63) is 59.7 Å². The van der Waals surface area contributed by atoms with E-state index in [1.165, 1.54) is 19.1 Å². The number of benzene rings is 2. The summed E-state index contributed by atoms with van der Waals surface area (Å²) in [6.07, 6.45) is 0. The van der Waals surface area contributed by atoms with E-state index in [-0.39, 0.29) is 4.90 Å². The molecule has 2 aromatic carbocycles. The molecule has 1 amide bonds. The highest BCUT2D eigenvalue weighted by Gasteiger charge is 2.21. The second kappa shape index (κ2) is 6.93.